The van der Waals surface area contributed by atoms with Crippen LogP contribution in [0.2, 0.25) is 0 Å². The second kappa shape index (κ2) is 10.1. The van der Waals surface area contributed by atoms with Crippen molar-refractivity contribution in [3.8, 4) is 0 Å². The van der Waals surface area contributed by atoms with Crippen LogP contribution >= 0.6 is 0 Å². The van der Waals surface area contributed by atoms with Gasteiger partial charge in [-0.2, -0.15) is 0 Å². The van der Waals surface area contributed by atoms with Gasteiger partial charge in [-0.05, 0) is 26.7 Å². The van der Waals surface area contributed by atoms with Crippen molar-refractivity contribution in [2.45, 2.75) is 32.7 Å². The summed E-state index contributed by atoms with van der Waals surface area (Å²) < 4.78 is 0. The first-order chi connectivity index (χ1) is 11.3. The molecule has 0 aliphatic carbocycles. The number of nitrogens with one attached hydrogen (secondary N) is 2. The van der Waals surface area contributed by atoms with Gasteiger partial charge < -0.3 is 15.5 Å². The molecule has 0 bridgehead atoms. The van der Waals surface area contributed by atoms with Crippen LogP contribution in [-0.2, 0) is 4.79 Å². The van der Waals surface area contributed by atoms with Gasteiger partial charge in [0.25, 0.3) is 0 Å². The first kappa shape index (κ1) is 20.2. The van der Waals surface area contributed by atoms with Gasteiger partial charge in [0.15, 0.2) is 5.96 Å². The minimum absolute atomic E-state index is 0.0114. The smallest absolute Gasteiger partial charge is 0.243 e. The number of likely N-dealkylation sites (tertiary alicyclic amines) is 1. The van der Waals surface area contributed by atoms with Crippen LogP contribution in [0, 0.1) is 0 Å². The number of rotatable bonds is 7. The average Bonchev–Trinajstić information content (AvgIpc) is 2.50. The van der Waals surface area contributed by atoms with E-state index >= 15 is 0 Å². The minimum Gasteiger partial charge on any atom is -0.354 e. The van der Waals surface area contributed by atoms with E-state index < -0.39 is 0 Å². The van der Waals surface area contributed by atoms with Crippen LogP contribution in [0.1, 0.15) is 26.7 Å². The molecule has 136 valence electrons. The Bertz CT molecular complexity index is 476. The van der Waals surface area contributed by atoms with Crippen LogP contribution in [0.5, 0.6) is 0 Å². The van der Waals surface area contributed by atoms with Crippen molar-refractivity contribution in [1.82, 2.24) is 20.4 Å². The fraction of sp³-hybridized carbons (Fsp3) is 0.667. The Morgan fingerprint density at radius 1 is 1.21 bits per heavy atom. The third-order valence-electron chi connectivity index (χ3n) is 3.85. The number of amides is 1. The molecule has 0 aromatic carbocycles. The summed E-state index contributed by atoms with van der Waals surface area (Å²) in [5.41, 5.74) is 2.23. The van der Waals surface area contributed by atoms with Gasteiger partial charge in [-0.15, -0.1) is 0 Å². The SMILES string of the molecule is C=C(C)CNC(=NCC(=O)N(C)C)NC1CCN(CC(=C)C)CC1. The number of carbonyl (C=O) groups is 1. The fourth-order valence-corrected chi connectivity index (χ4v) is 2.49. The molecule has 0 aromatic heterocycles. The van der Waals surface area contributed by atoms with Crippen molar-refractivity contribution < 1.29 is 4.79 Å². The Morgan fingerprint density at radius 3 is 2.33 bits per heavy atom. The number of likely N-dealkylation sites (N-methyl/N-ethyl adjacent to an activating group) is 1. The molecule has 6 nitrogen and oxygen atoms in total. The largest absolute Gasteiger partial charge is 0.354 e. The van der Waals surface area contributed by atoms with Gasteiger partial charge in [-0.1, -0.05) is 24.3 Å². The molecule has 0 aromatic rings. The van der Waals surface area contributed by atoms with Crippen molar-refractivity contribution in [2.24, 2.45) is 4.99 Å². The van der Waals surface area contributed by atoms with Crippen LogP contribution < -0.4 is 10.6 Å². The highest BCUT2D eigenvalue weighted by Crippen LogP contribution is 2.11. The Morgan fingerprint density at radius 2 is 1.83 bits per heavy atom. The fourth-order valence-electron chi connectivity index (χ4n) is 2.49. The Balaban J connectivity index is 2.55. The van der Waals surface area contributed by atoms with Gasteiger partial charge in [0.05, 0.1) is 0 Å². The van der Waals surface area contributed by atoms with E-state index in [1.807, 2.05) is 6.92 Å². The van der Waals surface area contributed by atoms with Gasteiger partial charge in [0, 0.05) is 46.3 Å². The van der Waals surface area contributed by atoms with Crippen LogP contribution in [0.3, 0.4) is 0 Å². The molecule has 0 spiro atoms. The molecule has 2 N–H and O–H groups in total. The lowest BCUT2D eigenvalue weighted by Crippen LogP contribution is -2.49. The van der Waals surface area contributed by atoms with E-state index in [0.29, 0.717) is 18.5 Å². The molecule has 0 radical (unpaired) electrons. The summed E-state index contributed by atoms with van der Waals surface area (Å²) >= 11 is 0. The zero-order chi connectivity index (χ0) is 18.1. The van der Waals surface area contributed by atoms with Gasteiger partial charge in [0.1, 0.15) is 6.54 Å². The number of hydrogen-bond donors (Lipinski definition) is 2. The van der Waals surface area contributed by atoms with Gasteiger partial charge in [-0.3, -0.25) is 9.69 Å². The number of nitrogens with zero attached hydrogens (tertiary/aromatic N) is 3. The molecule has 0 atom stereocenters. The summed E-state index contributed by atoms with van der Waals surface area (Å²) in [6.45, 7) is 15.8. The number of piperidine rings is 1. The number of carbonyl (C=O) groups excluding carboxylic acids is 1. The standard InChI is InChI=1S/C18H33N5O/c1-14(2)11-19-18(20-12-17(24)22(5)6)21-16-7-9-23(10-8-16)13-15(3)4/h16H,1,3,7-13H2,2,4-6H3,(H2,19,20,21). The highest BCUT2D eigenvalue weighted by molar-refractivity contribution is 5.85. The molecule has 6 heteroatoms. The van der Waals surface area contributed by atoms with E-state index in [0.717, 1.165) is 38.0 Å². The van der Waals surface area contributed by atoms with E-state index in [1.54, 1.807) is 19.0 Å². The molecule has 1 rings (SSSR count). The number of hydrogen-bond acceptors (Lipinski definition) is 3. The Hall–Kier alpha value is -1.82. The molecule has 1 aliphatic rings. The number of aliphatic imine (C=N–C) groups is 1. The van der Waals surface area contributed by atoms with Crippen LogP contribution in [0.25, 0.3) is 0 Å². The third-order valence-corrected chi connectivity index (χ3v) is 3.85. The normalized spacial score (nSPS) is 16.6. The van der Waals surface area contributed by atoms with E-state index in [1.165, 1.54) is 5.57 Å². The summed E-state index contributed by atoms with van der Waals surface area (Å²) in [6.07, 6.45) is 2.12. The maximum atomic E-state index is 11.8. The molecular weight excluding hydrogens is 302 g/mol. The second-order valence-electron chi connectivity index (χ2n) is 6.92. The van der Waals surface area contributed by atoms with Crippen molar-refractivity contribution >= 4 is 11.9 Å². The third kappa shape index (κ3) is 8.15. The first-order valence-electron chi connectivity index (χ1n) is 8.54. The minimum atomic E-state index is -0.0114. The highest BCUT2D eigenvalue weighted by Gasteiger charge is 2.20. The second-order valence-corrected chi connectivity index (χ2v) is 6.92. The van der Waals surface area contributed by atoms with Crippen LogP contribution in [-0.4, -0.2) is 74.5 Å². The van der Waals surface area contributed by atoms with E-state index in [-0.39, 0.29) is 12.5 Å². The highest BCUT2D eigenvalue weighted by atomic mass is 16.2. The van der Waals surface area contributed by atoms with E-state index in [9.17, 15) is 4.79 Å². The van der Waals surface area contributed by atoms with Crippen molar-refractivity contribution in [3.05, 3.63) is 24.3 Å². The van der Waals surface area contributed by atoms with Gasteiger partial charge in [0.2, 0.25) is 5.91 Å². The summed E-state index contributed by atoms with van der Waals surface area (Å²) in [7, 11) is 3.48. The Kier molecular flexibility index (Phi) is 8.54. The molecule has 1 fully saturated rings. The van der Waals surface area contributed by atoms with E-state index in [2.05, 4.69) is 40.6 Å². The zero-order valence-corrected chi connectivity index (χ0v) is 15.7. The lowest BCUT2D eigenvalue weighted by atomic mass is 10.0. The van der Waals surface area contributed by atoms with Crippen molar-refractivity contribution in [1.29, 1.82) is 0 Å². The quantitative estimate of drug-likeness (QED) is 0.417. The molecule has 1 aliphatic heterocycles. The van der Waals surface area contributed by atoms with Gasteiger partial charge >= 0.3 is 0 Å². The lowest BCUT2D eigenvalue weighted by Gasteiger charge is -2.33. The number of guanidine groups is 1. The molecular formula is C18H33N5O. The maximum Gasteiger partial charge on any atom is 0.243 e. The molecule has 24 heavy (non-hydrogen) atoms. The Labute approximate surface area is 146 Å². The van der Waals surface area contributed by atoms with E-state index in [4.69, 9.17) is 0 Å². The predicted molar refractivity (Wildman–Crippen MR) is 101 cm³/mol. The zero-order valence-electron chi connectivity index (χ0n) is 15.7. The molecule has 0 unspecified atom stereocenters. The summed E-state index contributed by atoms with van der Waals surface area (Å²) in [5, 5.41) is 6.70. The lowest BCUT2D eigenvalue weighted by molar-refractivity contribution is -0.127. The summed E-state index contributed by atoms with van der Waals surface area (Å²) in [6, 6.07) is 0.372. The molecule has 1 heterocycles. The van der Waals surface area contributed by atoms with Gasteiger partial charge in [-0.25, -0.2) is 4.99 Å². The van der Waals surface area contributed by atoms with Crippen molar-refractivity contribution in [2.75, 3.05) is 46.8 Å². The maximum absolute atomic E-state index is 11.8. The summed E-state index contributed by atoms with van der Waals surface area (Å²) in [5.74, 6) is 0.675. The van der Waals surface area contributed by atoms with Crippen molar-refractivity contribution in [3.63, 3.8) is 0 Å². The monoisotopic (exact) mass is 335 g/mol. The first-order valence-corrected chi connectivity index (χ1v) is 8.54. The predicted octanol–water partition coefficient (Wildman–Crippen LogP) is 1.23. The van der Waals surface area contributed by atoms with Crippen LogP contribution in [0.15, 0.2) is 29.3 Å². The summed E-state index contributed by atoms with van der Waals surface area (Å²) in [4.78, 5) is 20.1. The average molecular weight is 335 g/mol. The molecule has 1 amide bonds. The van der Waals surface area contributed by atoms with Crippen LogP contribution in [0.4, 0.5) is 0 Å². The topological polar surface area (TPSA) is 60.0 Å². The molecule has 0 saturated carbocycles. The molecule has 1 saturated heterocycles.